The van der Waals surface area contributed by atoms with Gasteiger partial charge in [0, 0.05) is 6.04 Å². The molecule has 1 aliphatic carbocycles. The number of aromatic nitrogens is 1. The molecule has 0 amide bonds. The van der Waals surface area contributed by atoms with Crippen molar-refractivity contribution >= 4 is 33.0 Å². The molecule has 19 heavy (non-hydrogen) atoms. The molecule has 0 atom stereocenters. The Morgan fingerprint density at radius 1 is 1.47 bits per heavy atom. The van der Waals surface area contributed by atoms with Crippen molar-refractivity contribution in [2.75, 3.05) is 6.54 Å². The van der Waals surface area contributed by atoms with Crippen LogP contribution in [0.1, 0.15) is 18.5 Å². The van der Waals surface area contributed by atoms with E-state index in [-0.39, 0.29) is 14.4 Å². The molecule has 2 rings (SSSR count). The molecule has 0 spiro atoms. The monoisotopic (exact) mass is 334 g/mol. The summed E-state index contributed by atoms with van der Waals surface area (Å²) in [6.45, 7) is -0.0666. The fourth-order valence-corrected chi connectivity index (χ4v) is 5.17. The summed E-state index contributed by atoms with van der Waals surface area (Å²) in [5.41, 5.74) is 0.128. The predicted molar refractivity (Wildman–Crippen MR) is 64.8 cm³/mol. The van der Waals surface area contributed by atoms with Gasteiger partial charge >= 0.3 is 6.18 Å². The van der Waals surface area contributed by atoms with Crippen molar-refractivity contribution in [3.8, 4) is 0 Å². The van der Waals surface area contributed by atoms with E-state index in [0.29, 0.717) is 28.5 Å². The second-order valence-electron chi connectivity index (χ2n) is 4.24. The number of alkyl halides is 3. The summed E-state index contributed by atoms with van der Waals surface area (Å²) >= 11 is 6.29. The van der Waals surface area contributed by atoms with Gasteiger partial charge in [0.2, 0.25) is 0 Å². The highest BCUT2D eigenvalue weighted by atomic mass is 35.5. The second kappa shape index (κ2) is 4.87. The van der Waals surface area contributed by atoms with Gasteiger partial charge in [0.05, 0.1) is 5.69 Å². The van der Waals surface area contributed by atoms with E-state index in [4.69, 9.17) is 11.6 Å². The fraction of sp³-hybridized carbons (Fsp3) is 0.667. The molecule has 0 unspecified atom stereocenters. The first-order chi connectivity index (χ1) is 8.61. The Kier molecular flexibility index (Phi) is 3.85. The standard InChI is InChI=1S/C9H10ClF3N2O2S2/c1-5-7(18-8(10)14-5)19(16,17)15(6-2-3-6)4-9(11,12)13/h6H,2-4H2,1H3. The van der Waals surface area contributed by atoms with E-state index >= 15 is 0 Å². The van der Waals surface area contributed by atoms with Crippen LogP contribution in [0.3, 0.4) is 0 Å². The van der Waals surface area contributed by atoms with Gasteiger partial charge in [0.15, 0.2) is 8.68 Å². The number of aryl methyl sites for hydroxylation is 1. The molecule has 1 saturated carbocycles. The van der Waals surface area contributed by atoms with Crippen LogP contribution in [0.5, 0.6) is 0 Å². The molecule has 0 bridgehead atoms. The van der Waals surface area contributed by atoms with Crippen molar-refractivity contribution in [1.82, 2.24) is 9.29 Å². The van der Waals surface area contributed by atoms with Crippen LogP contribution in [0.15, 0.2) is 4.21 Å². The van der Waals surface area contributed by atoms with Crippen LogP contribution in [-0.4, -0.2) is 36.5 Å². The summed E-state index contributed by atoms with van der Waals surface area (Å²) in [5.74, 6) is 0. The molecule has 0 aromatic carbocycles. The van der Waals surface area contributed by atoms with Crippen LogP contribution in [0.2, 0.25) is 4.47 Å². The Hall–Kier alpha value is -0.380. The number of hydrogen-bond donors (Lipinski definition) is 0. The number of thiazole rings is 1. The molecule has 108 valence electrons. The third-order valence-corrected chi connectivity index (χ3v) is 6.31. The van der Waals surface area contributed by atoms with Crippen molar-refractivity contribution in [2.24, 2.45) is 0 Å². The molecule has 0 radical (unpaired) electrons. The van der Waals surface area contributed by atoms with E-state index in [1.807, 2.05) is 0 Å². The van der Waals surface area contributed by atoms with E-state index in [0.717, 1.165) is 0 Å². The number of nitrogens with zero attached hydrogens (tertiary/aromatic N) is 2. The average Bonchev–Trinajstić information content (AvgIpc) is 2.99. The van der Waals surface area contributed by atoms with Gasteiger partial charge < -0.3 is 0 Å². The van der Waals surface area contributed by atoms with Crippen LogP contribution in [0, 0.1) is 6.92 Å². The molecule has 1 heterocycles. The Bertz CT molecular complexity index is 581. The maximum absolute atomic E-state index is 12.5. The SMILES string of the molecule is Cc1nc(Cl)sc1S(=O)(=O)N(CC(F)(F)F)C1CC1. The van der Waals surface area contributed by atoms with Gasteiger partial charge in [-0.1, -0.05) is 22.9 Å². The number of sulfonamides is 1. The normalized spacial score (nSPS) is 17.2. The molecule has 0 saturated heterocycles. The van der Waals surface area contributed by atoms with Crippen molar-refractivity contribution in [1.29, 1.82) is 0 Å². The largest absolute Gasteiger partial charge is 0.402 e. The summed E-state index contributed by atoms with van der Waals surface area (Å²) in [5, 5.41) is 0. The van der Waals surface area contributed by atoms with Gasteiger partial charge in [-0.3, -0.25) is 0 Å². The Balaban J connectivity index is 2.37. The minimum Gasteiger partial charge on any atom is -0.229 e. The van der Waals surface area contributed by atoms with E-state index in [9.17, 15) is 21.6 Å². The molecule has 4 nitrogen and oxygen atoms in total. The summed E-state index contributed by atoms with van der Waals surface area (Å²) in [7, 11) is -4.20. The first-order valence-corrected chi connectivity index (χ1v) is 7.96. The molecule has 1 fully saturated rings. The van der Waals surface area contributed by atoms with E-state index in [1.54, 1.807) is 0 Å². The van der Waals surface area contributed by atoms with Crippen molar-refractivity contribution in [3.63, 3.8) is 0 Å². The second-order valence-corrected chi connectivity index (χ2v) is 7.90. The smallest absolute Gasteiger partial charge is 0.229 e. The molecule has 1 aromatic heterocycles. The molecule has 0 N–H and O–H groups in total. The third kappa shape index (κ3) is 3.39. The lowest BCUT2D eigenvalue weighted by Gasteiger charge is -2.22. The van der Waals surface area contributed by atoms with Gasteiger partial charge in [-0.25, -0.2) is 13.4 Å². The van der Waals surface area contributed by atoms with Gasteiger partial charge in [-0.15, -0.1) is 0 Å². The highest BCUT2D eigenvalue weighted by Gasteiger charge is 2.45. The zero-order valence-corrected chi connectivity index (χ0v) is 12.1. The fourth-order valence-electron chi connectivity index (χ4n) is 1.65. The lowest BCUT2D eigenvalue weighted by atomic mass is 10.6. The molecule has 10 heteroatoms. The number of rotatable bonds is 4. The van der Waals surface area contributed by atoms with Crippen molar-refractivity contribution in [3.05, 3.63) is 10.2 Å². The third-order valence-electron chi connectivity index (χ3n) is 2.56. The van der Waals surface area contributed by atoms with Gasteiger partial charge in [0.25, 0.3) is 10.0 Å². The van der Waals surface area contributed by atoms with E-state index in [2.05, 4.69) is 4.98 Å². The summed E-state index contributed by atoms with van der Waals surface area (Å²) in [4.78, 5) is 3.73. The Labute approximate surface area is 117 Å². The average molecular weight is 335 g/mol. The highest BCUT2D eigenvalue weighted by Crippen LogP contribution is 2.37. The number of halogens is 4. The van der Waals surface area contributed by atoms with Crippen LogP contribution in [-0.2, 0) is 10.0 Å². The van der Waals surface area contributed by atoms with E-state index in [1.165, 1.54) is 6.92 Å². The first kappa shape index (κ1) is 15.0. The number of hydrogen-bond acceptors (Lipinski definition) is 4. The summed E-state index contributed by atoms with van der Waals surface area (Å²) < 4.78 is 62.3. The van der Waals surface area contributed by atoms with Crippen molar-refractivity contribution in [2.45, 2.75) is 36.2 Å². The minimum atomic E-state index is -4.57. The molecule has 0 aliphatic heterocycles. The van der Waals surface area contributed by atoms with Gasteiger partial charge in [0.1, 0.15) is 6.54 Å². The molecule has 1 aromatic rings. The van der Waals surface area contributed by atoms with Crippen LogP contribution >= 0.6 is 22.9 Å². The topological polar surface area (TPSA) is 50.3 Å². The van der Waals surface area contributed by atoms with Crippen LogP contribution in [0.25, 0.3) is 0 Å². The lowest BCUT2D eigenvalue weighted by Crippen LogP contribution is -2.40. The van der Waals surface area contributed by atoms with Crippen molar-refractivity contribution < 1.29 is 21.6 Å². The maximum Gasteiger partial charge on any atom is 0.402 e. The summed E-state index contributed by atoms with van der Waals surface area (Å²) in [6.07, 6.45) is -3.68. The zero-order valence-electron chi connectivity index (χ0n) is 9.74. The van der Waals surface area contributed by atoms with E-state index < -0.39 is 28.8 Å². The zero-order chi connectivity index (χ0) is 14.4. The lowest BCUT2D eigenvalue weighted by molar-refractivity contribution is -0.136. The first-order valence-electron chi connectivity index (χ1n) is 5.33. The van der Waals surface area contributed by atoms with Gasteiger partial charge in [-0.2, -0.15) is 17.5 Å². The van der Waals surface area contributed by atoms with Gasteiger partial charge in [-0.05, 0) is 19.8 Å². The quantitative estimate of drug-likeness (QED) is 0.850. The summed E-state index contributed by atoms with van der Waals surface area (Å²) in [6, 6.07) is -0.577. The molecule has 1 aliphatic rings. The van der Waals surface area contributed by atoms with Crippen LogP contribution in [0.4, 0.5) is 13.2 Å². The Morgan fingerprint density at radius 2 is 2.05 bits per heavy atom. The highest BCUT2D eigenvalue weighted by molar-refractivity contribution is 7.91. The molecular formula is C9H10ClF3N2O2S2. The minimum absolute atomic E-state index is 0.00108. The Morgan fingerprint density at radius 3 is 2.42 bits per heavy atom. The predicted octanol–water partition coefficient (Wildman–Crippen LogP) is 2.82. The maximum atomic E-state index is 12.5. The molecular weight excluding hydrogens is 325 g/mol. The van der Waals surface area contributed by atoms with Crippen LogP contribution < -0.4 is 0 Å².